The van der Waals surface area contributed by atoms with Gasteiger partial charge in [0.2, 0.25) is 11.8 Å². The SMILES string of the molecule is COc1ccc2c(O[C@@H]3C[C@H]4C(=O)N[C@]5(C(=O)O)C[C@H]5/C=C\CCCCCN(NC(=O)OC(C)(C)C)C(=O)[C@@H]4C3)cc(-c3ccccc3)nc2c1. The topological polar surface area (TPSA) is 156 Å². The third kappa shape index (κ3) is 8.10. The van der Waals surface area contributed by atoms with Gasteiger partial charge in [-0.05, 0) is 71.4 Å². The van der Waals surface area contributed by atoms with Crippen molar-refractivity contribution in [1.29, 1.82) is 0 Å². The normalized spacial score (nSPS) is 26.1. The molecule has 2 heterocycles. The van der Waals surface area contributed by atoms with Crippen LogP contribution in [0.1, 0.15) is 65.7 Å². The Morgan fingerprint density at radius 2 is 1.78 bits per heavy atom. The van der Waals surface area contributed by atoms with Crippen LogP contribution in [0.4, 0.5) is 4.79 Å². The number of carbonyl (C=O) groups is 4. The van der Waals surface area contributed by atoms with E-state index in [4.69, 9.17) is 19.2 Å². The quantitative estimate of drug-likeness (QED) is 0.261. The summed E-state index contributed by atoms with van der Waals surface area (Å²) >= 11 is 0. The molecule has 0 radical (unpaired) electrons. The lowest BCUT2D eigenvalue weighted by Crippen LogP contribution is -2.53. The number of allylic oxidation sites excluding steroid dienone is 1. The van der Waals surface area contributed by atoms with Gasteiger partial charge < -0.3 is 24.6 Å². The summed E-state index contributed by atoms with van der Waals surface area (Å²) in [6.07, 6.45) is 6.00. The van der Waals surface area contributed by atoms with Gasteiger partial charge in [-0.3, -0.25) is 14.6 Å². The molecule has 51 heavy (non-hydrogen) atoms. The molecule has 270 valence electrons. The van der Waals surface area contributed by atoms with E-state index in [2.05, 4.69) is 10.7 Å². The van der Waals surface area contributed by atoms with E-state index < -0.39 is 53.0 Å². The number of rotatable bonds is 6. The van der Waals surface area contributed by atoms with E-state index in [0.29, 0.717) is 29.1 Å². The lowest BCUT2D eigenvalue weighted by molar-refractivity contribution is -0.146. The first-order chi connectivity index (χ1) is 24.4. The number of methoxy groups -OCH3 is 1. The molecule has 0 saturated heterocycles. The number of aromatic nitrogens is 1. The average molecular weight is 699 g/mol. The van der Waals surface area contributed by atoms with Crippen LogP contribution in [0.2, 0.25) is 0 Å². The molecule has 0 bridgehead atoms. The number of hydrazine groups is 1. The zero-order valence-electron chi connectivity index (χ0n) is 29.5. The summed E-state index contributed by atoms with van der Waals surface area (Å²) in [5.41, 5.74) is 2.62. The molecule has 5 atom stereocenters. The van der Waals surface area contributed by atoms with Crippen LogP contribution in [0.15, 0.2) is 66.7 Å². The van der Waals surface area contributed by atoms with E-state index in [-0.39, 0.29) is 31.7 Å². The number of carboxylic acids is 1. The number of ether oxygens (including phenoxy) is 3. The predicted octanol–water partition coefficient (Wildman–Crippen LogP) is 6.04. The van der Waals surface area contributed by atoms with Crippen LogP contribution < -0.4 is 20.2 Å². The molecule has 2 aliphatic carbocycles. The van der Waals surface area contributed by atoms with Crippen molar-refractivity contribution in [3.63, 3.8) is 0 Å². The van der Waals surface area contributed by atoms with Gasteiger partial charge in [0.1, 0.15) is 28.7 Å². The number of hydrogen-bond donors (Lipinski definition) is 3. The van der Waals surface area contributed by atoms with Gasteiger partial charge in [0.05, 0.1) is 30.2 Å². The van der Waals surface area contributed by atoms with Crippen LogP contribution >= 0.6 is 0 Å². The Bertz CT molecular complexity index is 1820. The second-order valence-corrected chi connectivity index (χ2v) is 14.6. The number of carboxylic acid groups (broad SMARTS) is 1. The number of nitrogens with zero attached hydrogens (tertiary/aromatic N) is 2. The van der Waals surface area contributed by atoms with E-state index in [9.17, 15) is 24.3 Å². The minimum absolute atomic E-state index is 0.152. The van der Waals surface area contributed by atoms with Crippen molar-refractivity contribution in [1.82, 2.24) is 20.7 Å². The van der Waals surface area contributed by atoms with Crippen molar-refractivity contribution < 1.29 is 38.5 Å². The van der Waals surface area contributed by atoms with Crippen molar-refractivity contribution in [3.8, 4) is 22.8 Å². The number of pyridine rings is 1. The molecule has 1 aliphatic heterocycles. The largest absolute Gasteiger partial charge is 0.497 e. The van der Waals surface area contributed by atoms with Gasteiger partial charge in [-0.1, -0.05) is 48.9 Å². The molecule has 3 aliphatic rings. The Morgan fingerprint density at radius 3 is 2.51 bits per heavy atom. The van der Waals surface area contributed by atoms with E-state index in [1.807, 2.05) is 66.7 Å². The van der Waals surface area contributed by atoms with E-state index in [1.165, 1.54) is 5.01 Å². The molecule has 1 aromatic heterocycles. The number of amides is 3. The fourth-order valence-electron chi connectivity index (χ4n) is 7.06. The Kier molecular flexibility index (Phi) is 10.2. The van der Waals surface area contributed by atoms with E-state index >= 15 is 0 Å². The standard InChI is InChI=1S/C39H46N4O8/c1-38(2,3)51-37(48)42-43-18-12-7-5-6-11-15-25-23-39(25,36(46)47)41-34(44)29-19-27(20-30(29)35(43)45)50-33-22-31(24-13-9-8-10-14-24)40-32-21-26(49-4)16-17-28(32)33/h8-11,13-17,21-22,25,27,29-30H,5-7,12,18-20,23H2,1-4H3,(H,41,44)(H,42,48)(H,46,47)/b15-11-/t25-,27-,29-,30-,39-/m1/s1. The highest BCUT2D eigenvalue weighted by Gasteiger charge is 2.61. The first-order valence-electron chi connectivity index (χ1n) is 17.6. The number of hydrogen-bond acceptors (Lipinski definition) is 8. The van der Waals surface area contributed by atoms with Gasteiger partial charge in [0.25, 0.3) is 0 Å². The van der Waals surface area contributed by atoms with Crippen molar-refractivity contribution in [2.45, 2.75) is 83.0 Å². The summed E-state index contributed by atoms with van der Waals surface area (Å²) in [4.78, 5) is 58.8. The molecular weight excluding hydrogens is 652 g/mol. The molecule has 0 spiro atoms. The highest BCUT2D eigenvalue weighted by atomic mass is 16.6. The van der Waals surface area contributed by atoms with Gasteiger partial charge in [-0.15, -0.1) is 0 Å². The molecule has 2 saturated carbocycles. The van der Waals surface area contributed by atoms with Crippen LogP contribution in [0.25, 0.3) is 22.2 Å². The Labute approximate surface area is 297 Å². The summed E-state index contributed by atoms with van der Waals surface area (Å²) in [7, 11) is 1.59. The van der Waals surface area contributed by atoms with Gasteiger partial charge >= 0.3 is 12.1 Å². The number of aliphatic carboxylic acids is 1. The zero-order chi connectivity index (χ0) is 36.3. The van der Waals surface area contributed by atoms with Gasteiger partial charge in [0, 0.05) is 35.5 Å². The lowest BCUT2D eigenvalue weighted by atomic mass is 9.93. The van der Waals surface area contributed by atoms with Crippen molar-refractivity contribution in [2.24, 2.45) is 17.8 Å². The maximum Gasteiger partial charge on any atom is 0.426 e. The number of carbonyl (C=O) groups excluding carboxylic acids is 3. The first kappa shape index (κ1) is 35.7. The Morgan fingerprint density at radius 1 is 1.02 bits per heavy atom. The second-order valence-electron chi connectivity index (χ2n) is 14.6. The second kappa shape index (κ2) is 14.6. The van der Waals surface area contributed by atoms with Crippen molar-refractivity contribution in [3.05, 3.63) is 66.7 Å². The summed E-state index contributed by atoms with van der Waals surface area (Å²) in [5, 5.41) is 15.0. The molecule has 12 heteroatoms. The van der Waals surface area contributed by atoms with Gasteiger partial charge in [-0.2, -0.15) is 0 Å². The minimum Gasteiger partial charge on any atom is -0.497 e. The Balaban J connectivity index is 1.34. The highest BCUT2D eigenvalue weighted by Crippen LogP contribution is 2.47. The van der Waals surface area contributed by atoms with Crippen LogP contribution in [-0.2, 0) is 19.1 Å². The molecular formula is C39H46N4O8. The molecule has 3 N–H and O–H groups in total. The monoisotopic (exact) mass is 698 g/mol. The summed E-state index contributed by atoms with van der Waals surface area (Å²) in [6, 6.07) is 17.0. The van der Waals surface area contributed by atoms with Crippen LogP contribution in [0.3, 0.4) is 0 Å². The molecule has 12 nitrogen and oxygen atoms in total. The lowest BCUT2D eigenvalue weighted by Gasteiger charge is -2.30. The molecule has 6 rings (SSSR count). The minimum atomic E-state index is -1.43. The predicted molar refractivity (Wildman–Crippen MR) is 190 cm³/mol. The van der Waals surface area contributed by atoms with E-state index in [0.717, 1.165) is 30.2 Å². The van der Waals surface area contributed by atoms with Crippen molar-refractivity contribution >= 4 is 34.8 Å². The van der Waals surface area contributed by atoms with Gasteiger partial charge in [-0.25, -0.2) is 20.0 Å². The fourth-order valence-corrected chi connectivity index (χ4v) is 7.06. The first-order valence-corrected chi connectivity index (χ1v) is 17.6. The number of benzene rings is 2. The molecule has 3 amide bonds. The van der Waals surface area contributed by atoms with E-state index in [1.54, 1.807) is 27.9 Å². The highest BCUT2D eigenvalue weighted by molar-refractivity contribution is 5.95. The third-order valence-corrected chi connectivity index (χ3v) is 9.77. The fraction of sp³-hybridized carbons (Fsp3) is 0.462. The molecule has 3 aromatic rings. The van der Waals surface area contributed by atoms with Crippen LogP contribution in [0, 0.1) is 17.8 Å². The van der Waals surface area contributed by atoms with Crippen LogP contribution in [0.5, 0.6) is 11.5 Å². The maximum atomic E-state index is 14.4. The average Bonchev–Trinajstić information content (AvgIpc) is 3.63. The summed E-state index contributed by atoms with van der Waals surface area (Å²) in [6.45, 7) is 5.42. The smallest absolute Gasteiger partial charge is 0.426 e. The molecule has 2 aromatic carbocycles. The zero-order valence-corrected chi connectivity index (χ0v) is 29.5. The summed E-state index contributed by atoms with van der Waals surface area (Å²) in [5.74, 6) is -3.09. The van der Waals surface area contributed by atoms with Gasteiger partial charge in [0.15, 0.2) is 0 Å². The van der Waals surface area contributed by atoms with Crippen molar-refractivity contribution in [2.75, 3.05) is 13.7 Å². The number of nitrogens with one attached hydrogen (secondary N) is 2. The Hall–Kier alpha value is -5.13. The summed E-state index contributed by atoms with van der Waals surface area (Å²) < 4.78 is 17.6. The maximum absolute atomic E-state index is 14.4. The number of fused-ring (bicyclic) bond motifs is 3. The van der Waals surface area contributed by atoms with Crippen LogP contribution in [-0.4, -0.2) is 69.9 Å². The molecule has 2 fully saturated rings. The molecule has 0 unspecified atom stereocenters. The third-order valence-electron chi connectivity index (χ3n) is 9.77.